The molecule has 0 saturated carbocycles. The number of Topliss-reactive ketones (excluding diaryl/α,β-unsaturated/α-hetero) is 1. The van der Waals surface area contributed by atoms with Crippen LogP contribution in [0.3, 0.4) is 0 Å². The molecule has 0 spiro atoms. The van der Waals surface area contributed by atoms with Gasteiger partial charge in [-0.2, -0.15) is 5.10 Å². The fourth-order valence-corrected chi connectivity index (χ4v) is 1.83. The number of ketones is 1. The first-order chi connectivity index (χ1) is 8.70. The van der Waals surface area contributed by atoms with E-state index >= 15 is 0 Å². The van der Waals surface area contributed by atoms with Gasteiger partial charge in [-0.15, -0.1) is 0 Å². The molecule has 0 bridgehead atoms. The Hall–Kier alpha value is -1.97. The first kappa shape index (κ1) is 12.5. The zero-order chi connectivity index (χ0) is 13.0. The van der Waals surface area contributed by atoms with Gasteiger partial charge in [0, 0.05) is 13.0 Å². The summed E-state index contributed by atoms with van der Waals surface area (Å²) in [6.07, 6.45) is 2.76. The van der Waals surface area contributed by atoms with Crippen LogP contribution in [0.5, 0.6) is 0 Å². The van der Waals surface area contributed by atoms with Crippen molar-refractivity contribution < 1.29 is 4.79 Å². The van der Waals surface area contributed by atoms with E-state index < -0.39 is 0 Å². The van der Waals surface area contributed by atoms with Gasteiger partial charge in [0.05, 0.1) is 0 Å². The first-order valence-corrected chi connectivity index (χ1v) is 6.17. The van der Waals surface area contributed by atoms with E-state index in [1.165, 1.54) is 11.9 Å². The predicted octanol–water partition coefficient (Wildman–Crippen LogP) is 2.42. The Bertz CT molecular complexity index is 528. The van der Waals surface area contributed by atoms with E-state index in [4.69, 9.17) is 0 Å². The quantitative estimate of drug-likeness (QED) is 0.758. The number of nitrogens with zero attached hydrogens (tertiary/aromatic N) is 3. The molecule has 0 N–H and O–H groups in total. The Balaban J connectivity index is 2.11. The van der Waals surface area contributed by atoms with Crippen molar-refractivity contribution >= 4 is 5.78 Å². The van der Waals surface area contributed by atoms with Gasteiger partial charge >= 0.3 is 0 Å². The van der Waals surface area contributed by atoms with Crippen LogP contribution in [-0.2, 0) is 13.0 Å². The predicted molar refractivity (Wildman–Crippen MR) is 69.5 cm³/mol. The van der Waals surface area contributed by atoms with Crippen molar-refractivity contribution in [1.29, 1.82) is 0 Å². The van der Waals surface area contributed by atoms with E-state index in [1.807, 2.05) is 31.2 Å². The molecule has 0 aliphatic rings. The standard InChI is InChI=1S/C14H17N3O/c1-3-8-17-14(15-10-16-17)13(18)9-12-6-4-11(2)5-7-12/h4-7,10H,3,8-9H2,1-2H3. The molecule has 94 valence electrons. The number of hydrogen-bond acceptors (Lipinski definition) is 3. The van der Waals surface area contributed by atoms with Crippen LogP contribution in [0.1, 0.15) is 35.1 Å². The van der Waals surface area contributed by atoms with Crippen molar-refractivity contribution in [3.05, 3.63) is 47.5 Å². The maximum absolute atomic E-state index is 12.1. The highest BCUT2D eigenvalue weighted by Crippen LogP contribution is 2.07. The molecule has 2 rings (SSSR count). The number of aromatic nitrogens is 3. The Labute approximate surface area is 107 Å². The van der Waals surface area contributed by atoms with Gasteiger partial charge < -0.3 is 0 Å². The van der Waals surface area contributed by atoms with Gasteiger partial charge in [-0.1, -0.05) is 36.8 Å². The molecule has 0 saturated heterocycles. The Morgan fingerprint density at radius 3 is 2.67 bits per heavy atom. The average molecular weight is 243 g/mol. The van der Waals surface area contributed by atoms with Crippen LogP contribution in [0, 0.1) is 6.92 Å². The van der Waals surface area contributed by atoms with Gasteiger partial charge in [0.15, 0.2) is 5.82 Å². The average Bonchev–Trinajstić information content (AvgIpc) is 2.81. The van der Waals surface area contributed by atoms with Gasteiger partial charge in [-0.05, 0) is 18.9 Å². The number of rotatable bonds is 5. The zero-order valence-corrected chi connectivity index (χ0v) is 10.8. The fraction of sp³-hybridized carbons (Fsp3) is 0.357. The minimum Gasteiger partial charge on any atom is -0.290 e. The second-order valence-corrected chi connectivity index (χ2v) is 4.39. The van der Waals surface area contributed by atoms with Gasteiger partial charge in [0.2, 0.25) is 5.78 Å². The van der Waals surface area contributed by atoms with Crippen LogP contribution in [0.25, 0.3) is 0 Å². The highest BCUT2D eigenvalue weighted by molar-refractivity contribution is 5.94. The van der Waals surface area contributed by atoms with Crippen LogP contribution < -0.4 is 0 Å². The summed E-state index contributed by atoms with van der Waals surface area (Å²) in [6.45, 7) is 4.81. The Morgan fingerprint density at radius 2 is 2.00 bits per heavy atom. The van der Waals surface area contributed by atoms with E-state index in [2.05, 4.69) is 17.0 Å². The molecule has 0 radical (unpaired) electrons. The number of benzene rings is 1. The number of carbonyl (C=O) groups is 1. The third-order valence-electron chi connectivity index (χ3n) is 2.79. The largest absolute Gasteiger partial charge is 0.290 e. The van der Waals surface area contributed by atoms with Crippen molar-refractivity contribution in [3.63, 3.8) is 0 Å². The zero-order valence-electron chi connectivity index (χ0n) is 10.8. The lowest BCUT2D eigenvalue weighted by Crippen LogP contribution is -2.13. The second kappa shape index (κ2) is 5.58. The summed E-state index contributed by atoms with van der Waals surface area (Å²) in [7, 11) is 0. The Kier molecular flexibility index (Phi) is 3.87. The summed E-state index contributed by atoms with van der Waals surface area (Å²) in [5, 5.41) is 4.07. The SMILES string of the molecule is CCCn1ncnc1C(=O)Cc1ccc(C)cc1. The van der Waals surface area contributed by atoms with E-state index in [0.29, 0.717) is 12.2 Å². The molecule has 2 aromatic rings. The van der Waals surface area contributed by atoms with E-state index in [9.17, 15) is 4.79 Å². The van der Waals surface area contributed by atoms with Crippen molar-refractivity contribution in [2.24, 2.45) is 0 Å². The highest BCUT2D eigenvalue weighted by atomic mass is 16.1. The van der Waals surface area contributed by atoms with Gasteiger partial charge in [-0.25, -0.2) is 9.67 Å². The van der Waals surface area contributed by atoms with Crippen LogP contribution in [-0.4, -0.2) is 20.5 Å². The summed E-state index contributed by atoms with van der Waals surface area (Å²) in [5.74, 6) is 0.474. The van der Waals surface area contributed by atoms with E-state index in [-0.39, 0.29) is 5.78 Å². The van der Waals surface area contributed by atoms with Crippen molar-refractivity contribution in [3.8, 4) is 0 Å². The molecular weight excluding hydrogens is 226 g/mol. The molecule has 18 heavy (non-hydrogen) atoms. The minimum atomic E-state index is 0.0183. The molecule has 1 heterocycles. The summed E-state index contributed by atoms with van der Waals surface area (Å²) < 4.78 is 1.68. The monoisotopic (exact) mass is 243 g/mol. The number of carbonyl (C=O) groups excluding carboxylic acids is 1. The Morgan fingerprint density at radius 1 is 1.28 bits per heavy atom. The lowest BCUT2D eigenvalue weighted by Gasteiger charge is -2.04. The smallest absolute Gasteiger partial charge is 0.204 e. The third kappa shape index (κ3) is 2.83. The van der Waals surface area contributed by atoms with Crippen molar-refractivity contribution in [1.82, 2.24) is 14.8 Å². The number of aryl methyl sites for hydroxylation is 2. The topological polar surface area (TPSA) is 47.8 Å². The molecule has 4 nitrogen and oxygen atoms in total. The highest BCUT2D eigenvalue weighted by Gasteiger charge is 2.13. The molecule has 0 amide bonds. The first-order valence-electron chi connectivity index (χ1n) is 6.17. The van der Waals surface area contributed by atoms with Gasteiger partial charge in [0.1, 0.15) is 6.33 Å². The summed E-state index contributed by atoms with van der Waals surface area (Å²) >= 11 is 0. The molecule has 0 fully saturated rings. The maximum atomic E-state index is 12.1. The van der Waals surface area contributed by atoms with Crippen LogP contribution in [0.15, 0.2) is 30.6 Å². The van der Waals surface area contributed by atoms with Gasteiger partial charge in [0.25, 0.3) is 0 Å². The van der Waals surface area contributed by atoms with Gasteiger partial charge in [-0.3, -0.25) is 4.79 Å². The maximum Gasteiger partial charge on any atom is 0.204 e. The van der Waals surface area contributed by atoms with Crippen LogP contribution >= 0.6 is 0 Å². The molecule has 0 aliphatic heterocycles. The van der Waals surface area contributed by atoms with Crippen molar-refractivity contribution in [2.45, 2.75) is 33.2 Å². The lowest BCUT2D eigenvalue weighted by molar-refractivity contribution is 0.0977. The summed E-state index contributed by atoms with van der Waals surface area (Å²) in [4.78, 5) is 16.2. The normalized spacial score (nSPS) is 10.6. The molecular formula is C14H17N3O. The fourth-order valence-electron chi connectivity index (χ4n) is 1.83. The lowest BCUT2D eigenvalue weighted by atomic mass is 10.1. The number of hydrogen-bond donors (Lipinski definition) is 0. The van der Waals surface area contributed by atoms with E-state index in [0.717, 1.165) is 18.5 Å². The summed E-state index contributed by atoms with van der Waals surface area (Å²) in [6, 6.07) is 7.99. The molecule has 1 aromatic heterocycles. The van der Waals surface area contributed by atoms with Crippen LogP contribution in [0.2, 0.25) is 0 Å². The summed E-state index contributed by atoms with van der Waals surface area (Å²) in [5.41, 5.74) is 2.21. The van der Waals surface area contributed by atoms with Crippen LogP contribution in [0.4, 0.5) is 0 Å². The van der Waals surface area contributed by atoms with E-state index in [1.54, 1.807) is 4.68 Å². The second-order valence-electron chi connectivity index (χ2n) is 4.39. The molecule has 0 unspecified atom stereocenters. The molecule has 0 atom stereocenters. The molecule has 4 heteroatoms. The van der Waals surface area contributed by atoms with Crippen molar-refractivity contribution in [2.75, 3.05) is 0 Å². The third-order valence-corrected chi connectivity index (χ3v) is 2.79. The molecule has 0 aliphatic carbocycles. The molecule has 1 aromatic carbocycles. The minimum absolute atomic E-state index is 0.0183.